The zero-order valence-corrected chi connectivity index (χ0v) is 18.5. The Hall–Kier alpha value is -2.70. The van der Waals surface area contributed by atoms with Crippen molar-refractivity contribution in [2.45, 2.75) is 30.0 Å². The fourth-order valence-corrected chi connectivity index (χ4v) is 5.68. The van der Waals surface area contributed by atoms with E-state index in [2.05, 4.69) is 9.97 Å². The van der Waals surface area contributed by atoms with Gasteiger partial charge in [-0.1, -0.05) is 29.8 Å². The Morgan fingerprint density at radius 3 is 2.39 bits per heavy atom. The summed E-state index contributed by atoms with van der Waals surface area (Å²) in [7, 11) is -4.20. The number of alkyl halides is 3. The van der Waals surface area contributed by atoms with Crippen molar-refractivity contribution < 1.29 is 31.5 Å². The van der Waals surface area contributed by atoms with Crippen molar-refractivity contribution in [2.75, 3.05) is 13.1 Å². The summed E-state index contributed by atoms with van der Waals surface area (Å²) in [6.45, 7) is -0.432. The van der Waals surface area contributed by atoms with Gasteiger partial charge in [-0.05, 0) is 37.0 Å². The smallest absolute Gasteiger partial charge is 0.387 e. The van der Waals surface area contributed by atoms with Crippen LogP contribution in [-0.4, -0.2) is 57.5 Å². The molecule has 8 nitrogen and oxygen atoms in total. The highest BCUT2D eigenvalue weighted by atomic mass is 35.5. The third kappa shape index (κ3) is 4.30. The Kier molecular flexibility index (Phi) is 6.10. The molecule has 3 heterocycles. The van der Waals surface area contributed by atoms with E-state index < -0.39 is 34.1 Å². The molecular weight excluding hydrogens is 485 g/mol. The van der Waals surface area contributed by atoms with Crippen molar-refractivity contribution in [1.82, 2.24) is 18.8 Å². The fourth-order valence-electron chi connectivity index (χ4n) is 3.98. The molecule has 0 spiro atoms. The predicted molar refractivity (Wildman–Crippen MR) is 112 cm³/mol. The number of fused-ring (bicyclic) bond motifs is 1. The maximum atomic E-state index is 13.5. The van der Waals surface area contributed by atoms with E-state index in [0.717, 1.165) is 10.3 Å². The molecular formula is C20H18ClF3N4O4S. The van der Waals surface area contributed by atoms with Crippen molar-refractivity contribution in [2.24, 2.45) is 5.92 Å². The first-order valence-electron chi connectivity index (χ1n) is 9.88. The number of aromatic nitrogens is 3. The first-order chi connectivity index (χ1) is 15.5. The van der Waals surface area contributed by atoms with E-state index in [4.69, 9.17) is 11.6 Å². The van der Waals surface area contributed by atoms with Gasteiger partial charge in [0.1, 0.15) is 11.5 Å². The molecule has 1 fully saturated rings. The molecule has 1 unspecified atom stereocenters. The van der Waals surface area contributed by atoms with Gasteiger partial charge < -0.3 is 10.0 Å². The summed E-state index contributed by atoms with van der Waals surface area (Å²) in [5.74, 6) is -2.53. The molecule has 1 aliphatic rings. The van der Waals surface area contributed by atoms with Crippen LogP contribution in [0.3, 0.4) is 0 Å². The Morgan fingerprint density at radius 1 is 1.15 bits per heavy atom. The van der Waals surface area contributed by atoms with Gasteiger partial charge in [0.2, 0.25) is 0 Å². The summed E-state index contributed by atoms with van der Waals surface area (Å²) >= 11 is 6.13. The van der Waals surface area contributed by atoms with Crippen LogP contribution in [0.15, 0.2) is 47.6 Å². The number of aliphatic hydroxyl groups excluding tert-OH is 1. The van der Waals surface area contributed by atoms with E-state index in [1.807, 2.05) is 0 Å². The van der Waals surface area contributed by atoms with Crippen molar-refractivity contribution >= 4 is 38.6 Å². The molecule has 0 bridgehead atoms. The maximum Gasteiger partial charge on any atom is 0.471 e. The van der Waals surface area contributed by atoms with Gasteiger partial charge >= 0.3 is 12.1 Å². The lowest BCUT2D eigenvalue weighted by molar-refractivity contribution is -0.187. The van der Waals surface area contributed by atoms with E-state index in [1.54, 1.807) is 18.2 Å². The Balaban J connectivity index is 1.72. The van der Waals surface area contributed by atoms with Crippen molar-refractivity contribution in [3.8, 4) is 0 Å². The van der Waals surface area contributed by atoms with Gasteiger partial charge in [-0.3, -0.25) is 4.79 Å². The number of rotatable bonds is 4. The first-order valence-corrected chi connectivity index (χ1v) is 11.7. The minimum atomic E-state index is -4.98. The van der Waals surface area contributed by atoms with Gasteiger partial charge in [-0.15, -0.1) is 0 Å². The largest absolute Gasteiger partial charge is 0.471 e. The second-order valence-corrected chi connectivity index (χ2v) is 9.77. The number of piperidine rings is 1. The molecule has 1 aliphatic heterocycles. The van der Waals surface area contributed by atoms with Crippen molar-refractivity contribution in [3.05, 3.63) is 53.6 Å². The quantitative estimate of drug-likeness (QED) is 0.549. The molecule has 0 radical (unpaired) electrons. The number of carbonyl (C=O) groups excluding carboxylic acids is 1. The van der Waals surface area contributed by atoms with Gasteiger partial charge in [0.25, 0.3) is 10.0 Å². The van der Waals surface area contributed by atoms with Crippen LogP contribution in [0.1, 0.15) is 24.6 Å². The van der Waals surface area contributed by atoms with Crippen LogP contribution >= 0.6 is 11.6 Å². The normalized spacial score (nSPS) is 16.8. The summed E-state index contributed by atoms with van der Waals surface area (Å²) < 4.78 is 66.0. The average Bonchev–Trinajstić information content (AvgIpc) is 3.20. The summed E-state index contributed by atoms with van der Waals surface area (Å²) in [5.41, 5.74) is -0.0607. The number of carbonyl (C=O) groups is 1. The van der Waals surface area contributed by atoms with Crippen LogP contribution in [0.4, 0.5) is 13.2 Å². The molecule has 4 rings (SSSR count). The highest BCUT2D eigenvalue weighted by molar-refractivity contribution is 7.90. The second kappa shape index (κ2) is 8.58. The van der Waals surface area contributed by atoms with Gasteiger partial charge in [-0.2, -0.15) is 13.2 Å². The number of nitrogens with zero attached hydrogens (tertiary/aromatic N) is 4. The third-order valence-electron chi connectivity index (χ3n) is 5.63. The Bertz CT molecular complexity index is 1290. The highest BCUT2D eigenvalue weighted by Gasteiger charge is 2.44. The Labute approximate surface area is 191 Å². The van der Waals surface area contributed by atoms with Gasteiger partial charge in [0, 0.05) is 13.1 Å². The van der Waals surface area contributed by atoms with Crippen LogP contribution in [0.25, 0.3) is 11.0 Å². The second-order valence-electron chi connectivity index (χ2n) is 7.63. The topological polar surface area (TPSA) is 105 Å². The number of halogens is 4. The Morgan fingerprint density at radius 2 is 1.79 bits per heavy atom. The molecule has 0 aliphatic carbocycles. The lowest BCUT2D eigenvalue weighted by Crippen LogP contribution is -2.46. The molecule has 1 N–H and O–H groups in total. The predicted octanol–water partition coefficient (Wildman–Crippen LogP) is 3.16. The molecule has 176 valence electrons. The van der Waals surface area contributed by atoms with Gasteiger partial charge in [0.15, 0.2) is 5.65 Å². The lowest BCUT2D eigenvalue weighted by atomic mass is 9.89. The minimum absolute atomic E-state index is 0.0129. The van der Waals surface area contributed by atoms with Crippen LogP contribution in [0.2, 0.25) is 5.15 Å². The van der Waals surface area contributed by atoms with E-state index in [-0.39, 0.29) is 52.7 Å². The summed E-state index contributed by atoms with van der Waals surface area (Å²) in [6.07, 6.45) is -5.14. The third-order valence-corrected chi connectivity index (χ3v) is 7.67. The summed E-state index contributed by atoms with van der Waals surface area (Å²) in [6, 6.07) is 8.89. The highest BCUT2D eigenvalue weighted by Crippen LogP contribution is 2.37. The minimum Gasteiger partial charge on any atom is -0.387 e. The van der Waals surface area contributed by atoms with Crippen LogP contribution in [0, 0.1) is 5.92 Å². The zero-order chi connectivity index (χ0) is 24.0. The SMILES string of the molecule is O=C(N1CCC(C(O)c2cc3c(Cl)ncnc3n2S(=O)(=O)c2ccccc2)CC1)C(F)(F)F. The van der Waals surface area contributed by atoms with E-state index in [9.17, 15) is 31.5 Å². The number of hydrogen-bond acceptors (Lipinski definition) is 6. The van der Waals surface area contributed by atoms with Gasteiger partial charge in [-0.25, -0.2) is 22.4 Å². The molecule has 1 atom stereocenters. The number of hydrogen-bond donors (Lipinski definition) is 1. The number of aliphatic hydroxyl groups is 1. The standard InChI is InChI=1S/C20H18ClF3N4O4S/c21-17-14-10-15(16(29)12-6-8-27(9-7-12)19(30)20(22,23)24)28(18(14)26-11-25-17)33(31,32)13-4-2-1-3-5-13/h1-5,10-12,16,29H,6-9H2. The van der Waals surface area contributed by atoms with Crippen molar-refractivity contribution in [3.63, 3.8) is 0 Å². The maximum absolute atomic E-state index is 13.5. The molecule has 1 aromatic carbocycles. The zero-order valence-electron chi connectivity index (χ0n) is 16.9. The molecule has 1 saturated heterocycles. The van der Waals surface area contributed by atoms with Crippen LogP contribution in [0.5, 0.6) is 0 Å². The number of benzene rings is 1. The van der Waals surface area contributed by atoms with Crippen LogP contribution < -0.4 is 0 Å². The molecule has 2 aromatic heterocycles. The average molecular weight is 503 g/mol. The molecule has 33 heavy (non-hydrogen) atoms. The van der Waals surface area contributed by atoms with Gasteiger partial charge in [0.05, 0.1) is 22.1 Å². The monoisotopic (exact) mass is 502 g/mol. The van der Waals surface area contributed by atoms with Crippen molar-refractivity contribution in [1.29, 1.82) is 0 Å². The van der Waals surface area contributed by atoms with Crippen LogP contribution in [-0.2, 0) is 14.8 Å². The fraction of sp³-hybridized carbons (Fsp3) is 0.350. The summed E-state index contributed by atoms with van der Waals surface area (Å²) in [4.78, 5) is 20.0. The molecule has 1 amide bonds. The lowest BCUT2D eigenvalue weighted by Gasteiger charge is -2.34. The number of likely N-dealkylation sites (tertiary alicyclic amines) is 1. The summed E-state index contributed by atoms with van der Waals surface area (Å²) in [5, 5.41) is 11.3. The molecule has 13 heteroatoms. The molecule has 0 saturated carbocycles. The van der Waals surface area contributed by atoms with E-state index >= 15 is 0 Å². The first kappa shape index (κ1) is 23.5. The molecule has 3 aromatic rings. The van der Waals surface area contributed by atoms with E-state index in [0.29, 0.717) is 4.90 Å². The van der Waals surface area contributed by atoms with E-state index in [1.165, 1.54) is 18.2 Å². The number of amides is 1.